The highest BCUT2D eigenvalue weighted by Crippen LogP contribution is 1.97. The fourth-order valence-electron chi connectivity index (χ4n) is 0.609. The normalized spacial score (nSPS) is 14.2. The SMILES string of the molecule is N[C@@H](CCCS(=O)(=O)O)C(=O)O. The first-order valence-electron chi connectivity index (χ1n) is 3.26. The van der Waals surface area contributed by atoms with E-state index in [2.05, 4.69) is 0 Å². The summed E-state index contributed by atoms with van der Waals surface area (Å²) in [6, 6.07) is -1.06. The second-order valence-corrected chi connectivity index (χ2v) is 3.95. The molecule has 6 nitrogen and oxygen atoms in total. The summed E-state index contributed by atoms with van der Waals surface area (Å²) in [6.45, 7) is 0. The van der Waals surface area contributed by atoms with E-state index in [0.29, 0.717) is 0 Å². The predicted molar refractivity (Wildman–Crippen MR) is 41.3 cm³/mol. The Morgan fingerprint density at radius 2 is 2.00 bits per heavy atom. The zero-order valence-electron chi connectivity index (χ0n) is 6.30. The second kappa shape index (κ2) is 4.39. The first kappa shape index (κ1) is 11.3. The fourth-order valence-corrected chi connectivity index (χ4v) is 1.14. The van der Waals surface area contributed by atoms with Crippen molar-refractivity contribution in [3.63, 3.8) is 0 Å². The Balaban J connectivity index is 3.65. The van der Waals surface area contributed by atoms with Gasteiger partial charge in [0, 0.05) is 0 Å². The lowest BCUT2D eigenvalue weighted by Crippen LogP contribution is -2.30. The number of aliphatic carboxylic acids is 1. The van der Waals surface area contributed by atoms with Gasteiger partial charge in [0.05, 0.1) is 5.75 Å². The Bertz CT molecular complexity index is 247. The lowest BCUT2D eigenvalue weighted by Gasteiger charge is -2.03. The summed E-state index contributed by atoms with van der Waals surface area (Å²) < 4.78 is 28.6. The molecule has 0 aliphatic heterocycles. The fraction of sp³-hybridized carbons (Fsp3) is 0.800. The van der Waals surface area contributed by atoms with E-state index in [1.54, 1.807) is 0 Å². The molecule has 0 aromatic rings. The molecule has 0 rings (SSSR count). The van der Waals surface area contributed by atoms with Crippen LogP contribution in [0.25, 0.3) is 0 Å². The molecule has 0 unspecified atom stereocenters. The van der Waals surface area contributed by atoms with Gasteiger partial charge in [0.25, 0.3) is 10.1 Å². The highest BCUT2D eigenvalue weighted by atomic mass is 32.2. The van der Waals surface area contributed by atoms with E-state index in [1.807, 2.05) is 0 Å². The lowest BCUT2D eigenvalue weighted by atomic mass is 10.2. The van der Waals surface area contributed by atoms with Gasteiger partial charge in [-0.3, -0.25) is 9.35 Å². The smallest absolute Gasteiger partial charge is 0.320 e. The summed E-state index contributed by atoms with van der Waals surface area (Å²) in [4.78, 5) is 10.1. The van der Waals surface area contributed by atoms with Crippen molar-refractivity contribution >= 4 is 16.1 Å². The van der Waals surface area contributed by atoms with Gasteiger partial charge in [-0.15, -0.1) is 0 Å². The Morgan fingerprint density at radius 1 is 1.50 bits per heavy atom. The Labute approximate surface area is 70.1 Å². The molecule has 0 aromatic carbocycles. The standard InChI is InChI=1S/C5H11NO5S/c6-4(5(7)8)2-1-3-12(9,10)11/h4H,1-3,6H2,(H,7,8)(H,9,10,11)/t4-/m0/s1. The average Bonchev–Trinajstić information content (AvgIpc) is 1.84. The maximum absolute atomic E-state index is 10.1. The Kier molecular flexibility index (Phi) is 4.15. The third-order valence-corrected chi connectivity index (χ3v) is 2.04. The number of carboxylic acids is 1. The van der Waals surface area contributed by atoms with E-state index in [4.69, 9.17) is 15.4 Å². The Morgan fingerprint density at radius 3 is 2.33 bits per heavy atom. The van der Waals surface area contributed by atoms with E-state index >= 15 is 0 Å². The van der Waals surface area contributed by atoms with Gasteiger partial charge < -0.3 is 10.8 Å². The molecule has 4 N–H and O–H groups in total. The molecule has 0 bridgehead atoms. The highest BCUT2D eigenvalue weighted by molar-refractivity contribution is 7.85. The van der Waals surface area contributed by atoms with Gasteiger partial charge in [-0.1, -0.05) is 0 Å². The van der Waals surface area contributed by atoms with Crippen LogP contribution in [0.5, 0.6) is 0 Å². The summed E-state index contributed by atoms with van der Waals surface area (Å²) >= 11 is 0. The van der Waals surface area contributed by atoms with Crippen LogP contribution in [0, 0.1) is 0 Å². The molecule has 0 saturated carbocycles. The van der Waals surface area contributed by atoms with Crippen LogP contribution >= 0.6 is 0 Å². The minimum atomic E-state index is -3.99. The van der Waals surface area contributed by atoms with Gasteiger partial charge in [-0.05, 0) is 12.8 Å². The largest absolute Gasteiger partial charge is 0.480 e. The third kappa shape index (κ3) is 6.08. The average molecular weight is 197 g/mol. The molecule has 1 atom stereocenters. The summed E-state index contributed by atoms with van der Waals surface area (Å²) in [5.41, 5.74) is 5.07. The first-order valence-corrected chi connectivity index (χ1v) is 4.87. The van der Waals surface area contributed by atoms with E-state index < -0.39 is 27.9 Å². The molecule has 0 fully saturated rings. The lowest BCUT2D eigenvalue weighted by molar-refractivity contribution is -0.138. The number of rotatable bonds is 5. The minimum Gasteiger partial charge on any atom is -0.480 e. The number of carbonyl (C=O) groups is 1. The monoisotopic (exact) mass is 197 g/mol. The van der Waals surface area contributed by atoms with Crippen LogP contribution in [0.2, 0.25) is 0 Å². The molecule has 7 heteroatoms. The number of hydrogen-bond donors (Lipinski definition) is 3. The highest BCUT2D eigenvalue weighted by Gasteiger charge is 2.12. The van der Waals surface area contributed by atoms with E-state index in [-0.39, 0.29) is 12.8 Å². The van der Waals surface area contributed by atoms with Crippen molar-refractivity contribution in [1.82, 2.24) is 0 Å². The molecule has 72 valence electrons. The van der Waals surface area contributed by atoms with Gasteiger partial charge in [0.15, 0.2) is 0 Å². The molecule has 0 radical (unpaired) electrons. The van der Waals surface area contributed by atoms with Crippen LogP contribution in [-0.2, 0) is 14.9 Å². The predicted octanol–water partition coefficient (Wildman–Crippen LogP) is -0.934. The number of hydrogen-bond acceptors (Lipinski definition) is 4. The quantitative estimate of drug-likeness (QED) is 0.490. The zero-order valence-corrected chi connectivity index (χ0v) is 7.12. The maximum atomic E-state index is 10.1. The molecule has 0 aliphatic carbocycles. The van der Waals surface area contributed by atoms with Crippen molar-refractivity contribution in [3.8, 4) is 0 Å². The maximum Gasteiger partial charge on any atom is 0.320 e. The molecule has 0 saturated heterocycles. The van der Waals surface area contributed by atoms with Crippen LogP contribution in [-0.4, -0.2) is 35.8 Å². The van der Waals surface area contributed by atoms with E-state index in [9.17, 15) is 13.2 Å². The summed E-state index contributed by atoms with van der Waals surface area (Å²) in [7, 11) is -3.99. The van der Waals surface area contributed by atoms with Crippen LogP contribution in [0.4, 0.5) is 0 Å². The molecule has 0 aromatic heterocycles. The zero-order chi connectivity index (χ0) is 9.78. The van der Waals surface area contributed by atoms with Crippen molar-refractivity contribution in [2.45, 2.75) is 18.9 Å². The molecule has 0 aliphatic rings. The molecule has 0 heterocycles. The van der Waals surface area contributed by atoms with Gasteiger partial charge >= 0.3 is 5.97 Å². The minimum absolute atomic E-state index is 0.0368. The van der Waals surface area contributed by atoms with Gasteiger partial charge in [0.1, 0.15) is 6.04 Å². The van der Waals surface area contributed by atoms with Crippen LogP contribution in [0.3, 0.4) is 0 Å². The molecular weight excluding hydrogens is 186 g/mol. The van der Waals surface area contributed by atoms with E-state index in [0.717, 1.165) is 0 Å². The Hall–Kier alpha value is -0.660. The number of carboxylic acid groups (broad SMARTS) is 1. The van der Waals surface area contributed by atoms with Crippen molar-refractivity contribution in [3.05, 3.63) is 0 Å². The van der Waals surface area contributed by atoms with Crippen LogP contribution in [0.1, 0.15) is 12.8 Å². The van der Waals surface area contributed by atoms with Crippen molar-refractivity contribution in [2.24, 2.45) is 5.73 Å². The topological polar surface area (TPSA) is 118 Å². The van der Waals surface area contributed by atoms with Gasteiger partial charge in [-0.2, -0.15) is 8.42 Å². The summed E-state index contributed by atoms with van der Waals surface area (Å²) in [5.74, 6) is -1.63. The molecular formula is C5H11NO5S. The second-order valence-electron chi connectivity index (χ2n) is 2.37. The van der Waals surface area contributed by atoms with Crippen LogP contribution < -0.4 is 5.73 Å². The van der Waals surface area contributed by atoms with Crippen molar-refractivity contribution < 1.29 is 22.9 Å². The van der Waals surface area contributed by atoms with Crippen molar-refractivity contribution in [2.75, 3.05) is 5.75 Å². The van der Waals surface area contributed by atoms with Gasteiger partial charge in [-0.25, -0.2) is 0 Å². The number of nitrogens with two attached hydrogens (primary N) is 1. The van der Waals surface area contributed by atoms with E-state index in [1.165, 1.54) is 0 Å². The molecule has 0 spiro atoms. The van der Waals surface area contributed by atoms with Crippen molar-refractivity contribution in [1.29, 1.82) is 0 Å². The van der Waals surface area contributed by atoms with Crippen LogP contribution in [0.15, 0.2) is 0 Å². The summed E-state index contributed by atoms with van der Waals surface area (Å²) in [5, 5.41) is 8.27. The first-order chi connectivity index (χ1) is 5.33. The summed E-state index contributed by atoms with van der Waals surface area (Å²) in [6.07, 6.45) is 0.0847. The molecule has 0 amide bonds. The third-order valence-electron chi connectivity index (χ3n) is 1.23. The van der Waals surface area contributed by atoms with Gasteiger partial charge in [0.2, 0.25) is 0 Å². The molecule has 12 heavy (non-hydrogen) atoms.